The number of aliphatic hydroxyl groups is 1. The van der Waals surface area contributed by atoms with Crippen molar-refractivity contribution < 1.29 is 9.90 Å². The number of H-pyrrole nitrogens is 1. The normalized spacial score (nSPS) is 10.9. The molecule has 3 rings (SSSR count). The van der Waals surface area contributed by atoms with Crippen LogP contribution < -0.4 is 0 Å². The highest BCUT2D eigenvalue weighted by Crippen LogP contribution is 2.29. The predicted octanol–water partition coefficient (Wildman–Crippen LogP) is 3.83. The number of hydrogen-bond donors (Lipinski definition) is 2. The molecule has 7 heteroatoms. The van der Waals surface area contributed by atoms with Crippen LogP contribution in [-0.4, -0.2) is 49.7 Å². The predicted molar refractivity (Wildman–Crippen MR) is 116 cm³/mol. The summed E-state index contributed by atoms with van der Waals surface area (Å²) in [5, 5.41) is 23.4. The van der Waals surface area contributed by atoms with Gasteiger partial charge in [-0.05, 0) is 41.2 Å². The molecular formula is C23H29N5O2. The highest BCUT2D eigenvalue weighted by molar-refractivity contribution is 5.80. The van der Waals surface area contributed by atoms with Crippen LogP contribution in [0.1, 0.15) is 44.6 Å². The van der Waals surface area contributed by atoms with Crippen molar-refractivity contribution in [3.63, 3.8) is 0 Å². The van der Waals surface area contributed by atoms with E-state index in [0.717, 1.165) is 41.5 Å². The van der Waals surface area contributed by atoms with Crippen LogP contribution in [0.3, 0.4) is 0 Å². The van der Waals surface area contributed by atoms with Gasteiger partial charge in [-0.3, -0.25) is 4.79 Å². The number of tetrazole rings is 1. The molecule has 0 aliphatic heterocycles. The third kappa shape index (κ3) is 5.73. The fourth-order valence-electron chi connectivity index (χ4n) is 3.41. The van der Waals surface area contributed by atoms with Crippen LogP contribution >= 0.6 is 0 Å². The summed E-state index contributed by atoms with van der Waals surface area (Å²) in [4.78, 5) is 14.5. The van der Waals surface area contributed by atoms with E-state index in [1.54, 1.807) is 0 Å². The third-order valence-electron chi connectivity index (χ3n) is 5.08. The highest BCUT2D eigenvalue weighted by Gasteiger charge is 2.14. The molecule has 0 saturated heterocycles. The van der Waals surface area contributed by atoms with Crippen LogP contribution in [0, 0.1) is 0 Å². The molecule has 0 radical (unpaired) electrons. The Labute approximate surface area is 177 Å². The zero-order valence-corrected chi connectivity index (χ0v) is 17.4. The first-order chi connectivity index (χ1) is 14.7. The number of rotatable bonds is 11. The van der Waals surface area contributed by atoms with E-state index < -0.39 is 0 Å². The van der Waals surface area contributed by atoms with Gasteiger partial charge in [0.15, 0.2) is 0 Å². The monoisotopic (exact) mass is 407 g/mol. The average Bonchev–Trinajstić information content (AvgIpc) is 3.32. The zero-order valence-electron chi connectivity index (χ0n) is 17.4. The average molecular weight is 408 g/mol. The van der Waals surface area contributed by atoms with Gasteiger partial charge < -0.3 is 10.0 Å². The molecule has 0 aliphatic carbocycles. The van der Waals surface area contributed by atoms with Crippen molar-refractivity contribution in [3.05, 3.63) is 54.1 Å². The molecule has 1 aromatic heterocycles. The third-order valence-corrected chi connectivity index (χ3v) is 5.08. The van der Waals surface area contributed by atoms with Gasteiger partial charge >= 0.3 is 0 Å². The number of benzene rings is 2. The van der Waals surface area contributed by atoms with Gasteiger partial charge in [-0.15, -0.1) is 10.2 Å². The van der Waals surface area contributed by atoms with E-state index in [0.29, 0.717) is 31.8 Å². The van der Waals surface area contributed by atoms with Crippen molar-refractivity contribution in [2.24, 2.45) is 0 Å². The summed E-state index contributed by atoms with van der Waals surface area (Å²) in [6.07, 6.45) is 4.01. The van der Waals surface area contributed by atoms with Crippen LogP contribution in [0.4, 0.5) is 0 Å². The van der Waals surface area contributed by atoms with E-state index in [1.807, 2.05) is 29.2 Å². The second-order valence-corrected chi connectivity index (χ2v) is 7.33. The number of unbranched alkanes of at least 4 members (excludes halogenated alkanes) is 2. The first kappa shape index (κ1) is 21.6. The molecule has 1 amide bonds. The Kier molecular flexibility index (Phi) is 8.09. The molecule has 30 heavy (non-hydrogen) atoms. The Balaban J connectivity index is 1.75. The molecule has 0 aliphatic rings. The standard InChI is InChI=1S/C23H29N5O2/c1-2-3-10-22(30)28(15-6-7-16-29)17-18-11-13-19(14-12-18)20-8-4-5-9-21(20)23-24-26-27-25-23/h4-5,8-9,11-14,29H,2-3,6-7,10,15-17H2,1H3,(H,24,25,26,27). The number of aromatic amines is 1. The van der Waals surface area contributed by atoms with Crippen LogP contribution in [0.15, 0.2) is 48.5 Å². The number of nitrogens with one attached hydrogen (secondary N) is 1. The minimum Gasteiger partial charge on any atom is -0.396 e. The van der Waals surface area contributed by atoms with Gasteiger partial charge in [-0.25, -0.2) is 0 Å². The SMILES string of the molecule is CCCCC(=O)N(CCCCO)Cc1ccc(-c2ccccc2-c2nn[nH]n2)cc1. The molecule has 0 fully saturated rings. The number of carbonyl (C=O) groups excluding carboxylic acids is 1. The second kappa shape index (κ2) is 11.2. The van der Waals surface area contributed by atoms with Crippen LogP contribution in [0.5, 0.6) is 0 Å². The highest BCUT2D eigenvalue weighted by atomic mass is 16.3. The van der Waals surface area contributed by atoms with Crippen molar-refractivity contribution in [2.75, 3.05) is 13.2 Å². The molecule has 2 aromatic carbocycles. The summed E-state index contributed by atoms with van der Waals surface area (Å²) >= 11 is 0. The summed E-state index contributed by atoms with van der Waals surface area (Å²) in [7, 11) is 0. The lowest BCUT2D eigenvalue weighted by Gasteiger charge is -2.23. The van der Waals surface area contributed by atoms with Crippen molar-refractivity contribution in [1.29, 1.82) is 0 Å². The van der Waals surface area contributed by atoms with Crippen molar-refractivity contribution in [2.45, 2.75) is 45.6 Å². The molecule has 7 nitrogen and oxygen atoms in total. The van der Waals surface area contributed by atoms with E-state index in [1.165, 1.54) is 0 Å². The Morgan fingerprint density at radius 2 is 1.80 bits per heavy atom. The number of nitrogens with zero attached hydrogens (tertiary/aromatic N) is 4. The summed E-state index contributed by atoms with van der Waals surface area (Å²) in [5.41, 5.74) is 4.09. The van der Waals surface area contributed by atoms with Gasteiger partial charge in [0.25, 0.3) is 0 Å². The molecular weight excluding hydrogens is 378 g/mol. The molecule has 0 spiro atoms. The van der Waals surface area contributed by atoms with Crippen LogP contribution in [0.2, 0.25) is 0 Å². The Morgan fingerprint density at radius 1 is 1.03 bits per heavy atom. The maximum absolute atomic E-state index is 12.6. The van der Waals surface area contributed by atoms with Crippen LogP contribution in [-0.2, 0) is 11.3 Å². The Bertz CT molecular complexity index is 910. The summed E-state index contributed by atoms with van der Waals surface area (Å²) in [6.45, 7) is 3.51. The van der Waals surface area contributed by atoms with Crippen molar-refractivity contribution >= 4 is 5.91 Å². The van der Waals surface area contributed by atoms with Gasteiger partial charge in [0.05, 0.1) is 0 Å². The Morgan fingerprint density at radius 3 is 2.47 bits per heavy atom. The van der Waals surface area contributed by atoms with E-state index >= 15 is 0 Å². The topological polar surface area (TPSA) is 95.0 Å². The summed E-state index contributed by atoms with van der Waals surface area (Å²) in [6, 6.07) is 16.2. The largest absolute Gasteiger partial charge is 0.396 e. The molecule has 1 heterocycles. The van der Waals surface area contributed by atoms with Gasteiger partial charge in [-0.1, -0.05) is 61.9 Å². The fraction of sp³-hybridized carbons (Fsp3) is 0.391. The summed E-state index contributed by atoms with van der Waals surface area (Å²) < 4.78 is 0. The number of aromatic nitrogens is 4. The van der Waals surface area contributed by atoms with E-state index in [4.69, 9.17) is 5.11 Å². The van der Waals surface area contributed by atoms with E-state index in [-0.39, 0.29) is 12.5 Å². The van der Waals surface area contributed by atoms with E-state index in [2.05, 4.69) is 51.8 Å². The van der Waals surface area contributed by atoms with Crippen LogP contribution in [0.25, 0.3) is 22.5 Å². The number of carbonyl (C=O) groups is 1. The lowest BCUT2D eigenvalue weighted by atomic mass is 9.98. The molecule has 158 valence electrons. The molecule has 3 aromatic rings. The lowest BCUT2D eigenvalue weighted by Crippen LogP contribution is -2.31. The smallest absolute Gasteiger partial charge is 0.222 e. The summed E-state index contributed by atoms with van der Waals surface area (Å²) in [5.74, 6) is 0.743. The van der Waals surface area contributed by atoms with Crippen molar-refractivity contribution in [3.8, 4) is 22.5 Å². The molecule has 0 unspecified atom stereocenters. The first-order valence-corrected chi connectivity index (χ1v) is 10.5. The Hall–Kier alpha value is -3.06. The zero-order chi connectivity index (χ0) is 21.2. The molecule has 0 atom stereocenters. The fourth-order valence-corrected chi connectivity index (χ4v) is 3.41. The van der Waals surface area contributed by atoms with Gasteiger partial charge in [0, 0.05) is 31.7 Å². The minimum absolute atomic E-state index is 0.158. The number of amides is 1. The van der Waals surface area contributed by atoms with Gasteiger partial charge in [0.1, 0.15) is 0 Å². The second-order valence-electron chi connectivity index (χ2n) is 7.33. The van der Waals surface area contributed by atoms with E-state index in [9.17, 15) is 4.79 Å². The lowest BCUT2D eigenvalue weighted by molar-refractivity contribution is -0.132. The van der Waals surface area contributed by atoms with Gasteiger partial charge in [0.2, 0.25) is 11.7 Å². The number of hydrogen-bond acceptors (Lipinski definition) is 5. The van der Waals surface area contributed by atoms with Crippen molar-refractivity contribution in [1.82, 2.24) is 25.5 Å². The first-order valence-electron chi connectivity index (χ1n) is 10.5. The minimum atomic E-state index is 0.158. The number of aliphatic hydroxyl groups excluding tert-OH is 1. The molecule has 0 saturated carbocycles. The maximum atomic E-state index is 12.6. The van der Waals surface area contributed by atoms with Gasteiger partial charge in [-0.2, -0.15) is 5.21 Å². The molecule has 2 N–H and O–H groups in total. The quantitative estimate of drug-likeness (QED) is 0.471. The maximum Gasteiger partial charge on any atom is 0.222 e. The molecule has 0 bridgehead atoms.